The highest BCUT2D eigenvalue weighted by atomic mass is 31.2. The number of hydrogen-bond donors (Lipinski definition) is 3. The van der Waals surface area contributed by atoms with E-state index in [0.29, 0.717) is 6.42 Å². The summed E-state index contributed by atoms with van der Waals surface area (Å²) in [7, 11) is -4.25. The van der Waals surface area contributed by atoms with E-state index >= 15 is 0 Å². The number of nitrogens with two attached hydrogens (primary N) is 1. The fraction of sp³-hybridized carbons (Fsp3) is 0.815. The molecule has 2 atom stereocenters. The van der Waals surface area contributed by atoms with Crippen LogP contribution in [0, 0.1) is 0 Å². The molecule has 0 rings (SSSR count). The number of carbonyl (C=O) groups excluding carboxylic acids is 1. The molecule has 0 bridgehead atoms. The second-order valence-corrected chi connectivity index (χ2v) is 10.6. The predicted octanol–water partition coefficient (Wildman–Crippen LogP) is 6.36. The van der Waals surface area contributed by atoms with E-state index in [4.69, 9.17) is 10.5 Å². The van der Waals surface area contributed by atoms with Crippen molar-refractivity contribution in [2.24, 2.45) is 5.73 Å². The average molecular weight is 534 g/mol. The number of allylic oxidation sites excluding steroid dienone is 4. The van der Waals surface area contributed by atoms with Crippen LogP contribution in [0.4, 0.5) is 0 Å². The van der Waals surface area contributed by atoms with Gasteiger partial charge in [-0.1, -0.05) is 89.0 Å². The highest BCUT2D eigenvalue weighted by Crippen LogP contribution is 2.42. The average Bonchev–Trinajstić information content (AvgIpc) is 2.86. The minimum Gasteiger partial charge on any atom is -0.463 e. The van der Waals surface area contributed by atoms with Gasteiger partial charge in [0.2, 0.25) is 0 Å². The van der Waals surface area contributed by atoms with E-state index < -0.39 is 26.5 Å². The Labute approximate surface area is 219 Å². The van der Waals surface area contributed by atoms with Crippen LogP contribution in [0.1, 0.15) is 110 Å². The Kier molecular flexibility index (Phi) is 24.9. The minimum absolute atomic E-state index is 0.0734. The molecule has 0 aliphatic heterocycles. The summed E-state index contributed by atoms with van der Waals surface area (Å²) < 4.78 is 25.6. The first kappa shape index (κ1) is 35.0. The Bertz CT molecular complexity index is 613. The Balaban J connectivity index is 3.44. The molecule has 8 nitrogen and oxygen atoms in total. The maximum atomic E-state index is 11.7. The molecule has 0 aromatic rings. The summed E-state index contributed by atoms with van der Waals surface area (Å²) >= 11 is 0. The Hall–Kier alpha value is -1.02. The molecule has 0 aliphatic rings. The number of phosphoric ester groups is 1. The third kappa shape index (κ3) is 26.1. The van der Waals surface area contributed by atoms with Gasteiger partial charge in [0.25, 0.3) is 0 Å². The van der Waals surface area contributed by atoms with Crippen molar-refractivity contribution < 1.29 is 33.1 Å². The summed E-state index contributed by atoms with van der Waals surface area (Å²) in [6.07, 6.45) is 26.0. The zero-order valence-corrected chi connectivity index (χ0v) is 23.4. The van der Waals surface area contributed by atoms with Crippen molar-refractivity contribution in [3.05, 3.63) is 24.3 Å². The molecule has 0 radical (unpaired) electrons. The van der Waals surface area contributed by atoms with Gasteiger partial charge in [-0.05, 0) is 38.5 Å². The van der Waals surface area contributed by atoms with E-state index in [1.165, 1.54) is 70.6 Å². The van der Waals surface area contributed by atoms with Crippen molar-refractivity contribution in [2.75, 3.05) is 26.4 Å². The van der Waals surface area contributed by atoms with Crippen molar-refractivity contribution >= 4 is 13.8 Å². The summed E-state index contributed by atoms with van der Waals surface area (Å²) in [5, 5.41) is 9.70. The smallest absolute Gasteiger partial charge is 0.463 e. The number of unbranched alkanes of at least 4 members (excludes halogenated alkanes) is 12. The first-order chi connectivity index (χ1) is 17.4. The molecule has 9 heteroatoms. The third-order valence-electron chi connectivity index (χ3n) is 5.57. The van der Waals surface area contributed by atoms with Gasteiger partial charge in [-0.25, -0.2) is 4.57 Å². The van der Waals surface area contributed by atoms with Crippen LogP contribution >= 0.6 is 7.82 Å². The standard InChI is InChI=1S/C27H52NO7P/c1-2-3-4-5-6-7-8-9-10-11-12-13-14-15-16-17-18-19-20-21-27(30)33-24-26(29)25-35-36(31,32)34-23-22-28/h6-7,9-10,26,29H,2-5,8,11-25,28H2,1H3,(H,31,32)/b7-6-,10-9-. The third-order valence-corrected chi connectivity index (χ3v) is 6.55. The first-order valence-electron chi connectivity index (χ1n) is 13.9. The van der Waals surface area contributed by atoms with E-state index in [1.54, 1.807) is 0 Å². The number of aliphatic hydroxyl groups is 1. The van der Waals surface area contributed by atoms with Gasteiger partial charge in [0.1, 0.15) is 12.7 Å². The van der Waals surface area contributed by atoms with E-state index in [2.05, 4.69) is 40.3 Å². The quantitative estimate of drug-likeness (QED) is 0.0507. The van der Waals surface area contributed by atoms with Crippen molar-refractivity contribution in [1.82, 2.24) is 0 Å². The lowest BCUT2D eigenvalue weighted by molar-refractivity contribution is -0.147. The number of hydrogen-bond acceptors (Lipinski definition) is 7. The molecule has 0 heterocycles. The largest absolute Gasteiger partial charge is 0.472 e. The molecule has 0 aromatic heterocycles. The van der Waals surface area contributed by atoms with Crippen LogP contribution in [0.15, 0.2) is 24.3 Å². The van der Waals surface area contributed by atoms with Gasteiger partial charge in [-0.15, -0.1) is 0 Å². The number of aliphatic hydroxyl groups excluding tert-OH is 1. The van der Waals surface area contributed by atoms with Gasteiger partial charge in [-0.3, -0.25) is 13.8 Å². The van der Waals surface area contributed by atoms with E-state index in [9.17, 15) is 19.4 Å². The van der Waals surface area contributed by atoms with Crippen LogP contribution in [0.2, 0.25) is 0 Å². The molecule has 0 fully saturated rings. The zero-order chi connectivity index (χ0) is 26.7. The molecule has 212 valence electrons. The number of esters is 1. The normalized spacial score (nSPS) is 14.4. The van der Waals surface area contributed by atoms with Gasteiger partial charge in [0, 0.05) is 13.0 Å². The predicted molar refractivity (Wildman–Crippen MR) is 146 cm³/mol. The van der Waals surface area contributed by atoms with Crippen molar-refractivity contribution in [3.8, 4) is 0 Å². The second kappa shape index (κ2) is 25.6. The Morgan fingerprint density at radius 2 is 1.39 bits per heavy atom. The lowest BCUT2D eigenvalue weighted by Crippen LogP contribution is -2.23. The fourth-order valence-electron chi connectivity index (χ4n) is 3.48. The highest BCUT2D eigenvalue weighted by molar-refractivity contribution is 7.47. The number of carbonyl (C=O) groups is 1. The molecule has 0 amide bonds. The van der Waals surface area contributed by atoms with Crippen LogP contribution in [0.5, 0.6) is 0 Å². The van der Waals surface area contributed by atoms with Crippen LogP contribution in [0.3, 0.4) is 0 Å². The van der Waals surface area contributed by atoms with Crippen molar-refractivity contribution in [2.45, 2.75) is 116 Å². The highest BCUT2D eigenvalue weighted by Gasteiger charge is 2.22. The van der Waals surface area contributed by atoms with Crippen LogP contribution in [-0.4, -0.2) is 48.4 Å². The SMILES string of the molecule is CCCCC/C=C\C/C=C\CCCCCCCCCCCC(=O)OCC(O)COP(=O)(O)OCCN. The van der Waals surface area contributed by atoms with E-state index in [0.717, 1.165) is 25.7 Å². The van der Waals surface area contributed by atoms with Crippen LogP contribution in [-0.2, 0) is 23.1 Å². The lowest BCUT2D eigenvalue weighted by atomic mass is 10.1. The van der Waals surface area contributed by atoms with E-state index in [-0.39, 0.29) is 19.8 Å². The monoisotopic (exact) mass is 533 g/mol. The van der Waals surface area contributed by atoms with Gasteiger partial charge in [-0.2, -0.15) is 0 Å². The second-order valence-electron chi connectivity index (χ2n) is 9.12. The van der Waals surface area contributed by atoms with Gasteiger partial charge >= 0.3 is 13.8 Å². The molecule has 0 aromatic carbocycles. The molecular formula is C27H52NO7P. The van der Waals surface area contributed by atoms with Crippen molar-refractivity contribution in [3.63, 3.8) is 0 Å². The van der Waals surface area contributed by atoms with Gasteiger partial charge in [0.05, 0.1) is 13.2 Å². The molecular weight excluding hydrogens is 481 g/mol. The Morgan fingerprint density at radius 1 is 0.833 bits per heavy atom. The Morgan fingerprint density at radius 3 is 1.97 bits per heavy atom. The molecule has 0 saturated heterocycles. The minimum atomic E-state index is -4.25. The van der Waals surface area contributed by atoms with Crippen LogP contribution < -0.4 is 5.73 Å². The summed E-state index contributed by atoms with van der Waals surface area (Å²) in [6, 6.07) is 0. The molecule has 0 aliphatic carbocycles. The number of ether oxygens (including phenoxy) is 1. The topological polar surface area (TPSA) is 128 Å². The molecule has 4 N–H and O–H groups in total. The maximum absolute atomic E-state index is 11.7. The van der Waals surface area contributed by atoms with Crippen LogP contribution in [0.25, 0.3) is 0 Å². The summed E-state index contributed by atoms with van der Waals surface area (Å²) in [4.78, 5) is 21.1. The first-order valence-corrected chi connectivity index (χ1v) is 15.4. The fourth-order valence-corrected chi connectivity index (χ4v) is 4.25. The summed E-state index contributed by atoms with van der Waals surface area (Å²) in [6.45, 7) is 1.42. The maximum Gasteiger partial charge on any atom is 0.472 e. The molecule has 0 saturated carbocycles. The molecule has 36 heavy (non-hydrogen) atoms. The zero-order valence-electron chi connectivity index (χ0n) is 22.5. The van der Waals surface area contributed by atoms with Gasteiger partial charge < -0.3 is 20.5 Å². The summed E-state index contributed by atoms with van der Waals surface area (Å²) in [5.74, 6) is -0.391. The summed E-state index contributed by atoms with van der Waals surface area (Å²) in [5.41, 5.74) is 5.18. The number of phosphoric acid groups is 1. The van der Waals surface area contributed by atoms with Crippen molar-refractivity contribution in [1.29, 1.82) is 0 Å². The van der Waals surface area contributed by atoms with E-state index in [1.807, 2.05) is 0 Å². The lowest BCUT2D eigenvalue weighted by Gasteiger charge is -2.15. The molecule has 0 spiro atoms. The molecule has 2 unspecified atom stereocenters. The number of rotatable bonds is 26. The van der Waals surface area contributed by atoms with Gasteiger partial charge in [0.15, 0.2) is 0 Å².